The molecule has 0 bridgehead atoms. The van der Waals surface area contributed by atoms with Gasteiger partial charge in [0.05, 0.1) is 17.5 Å². The number of rotatable bonds is 6. The standard InChI is InChI=1S/C15H24N2O2S/c1-3-13-11(2)8-14(20-13)15(19)16-12(10-18)9-17-6-4-5-7-17/h8,12,18H,3-7,9-10H2,1-2H3,(H,16,19)/t12-/m1/s1. The second-order valence-corrected chi connectivity index (χ2v) is 6.57. The fourth-order valence-electron chi connectivity index (χ4n) is 2.67. The van der Waals surface area contributed by atoms with E-state index < -0.39 is 0 Å². The summed E-state index contributed by atoms with van der Waals surface area (Å²) in [4.78, 5) is 16.6. The fourth-order valence-corrected chi connectivity index (χ4v) is 3.68. The highest BCUT2D eigenvalue weighted by Crippen LogP contribution is 2.22. The van der Waals surface area contributed by atoms with Gasteiger partial charge in [0.25, 0.3) is 5.91 Å². The summed E-state index contributed by atoms with van der Waals surface area (Å²) in [5.74, 6) is -0.0592. The Bertz CT molecular complexity index is 453. The van der Waals surface area contributed by atoms with E-state index in [9.17, 15) is 9.90 Å². The maximum Gasteiger partial charge on any atom is 0.261 e. The van der Waals surface area contributed by atoms with Gasteiger partial charge in [-0.15, -0.1) is 11.3 Å². The van der Waals surface area contributed by atoms with E-state index in [1.807, 2.05) is 13.0 Å². The molecule has 0 spiro atoms. The van der Waals surface area contributed by atoms with Crippen molar-refractivity contribution < 1.29 is 9.90 Å². The Labute approximate surface area is 124 Å². The van der Waals surface area contributed by atoms with Gasteiger partial charge < -0.3 is 15.3 Å². The molecule has 20 heavy (non-hydrogen) atoms. The fraction of sp³-hybridized carbons (Fsp3) is 0.667. The summed E-state index contributed by atoms with van der Waals surface area (Å²) in [6.45, 7) is 7.03. The first-order valence-electron chi connectivity index (χ1n) is 7.37. The lowest BCUT2D eigenvalue weighted by molar-refractivity contribution is 0.0904. The van der Waals surface area contributed by atoms with E-state index in [0.717, 1.165) is 30.9 Å². The van der Waals surface area contributed by atoms with E-state index in [0.29, 0.717) is 0 Å². The third kappa shape index (κ3) is 3.81. The minimum Gasteiger partial charge on any atom is -0.394 e. The SMILES string of the molecule is CCc1sc(C(=O)N[C@@H](CO)CN2CCCC2)cc1C. The maximum atomic E-state index is 12.2. The van der Waals surface area contributed by atoms with E-state index in [1.165, 1.54) is 23.3 Å². The molecule has 1 atom stereocenters. The molecule has 0 radical (unpaired) electrons. The van der Waals surface area contributed by atoms with Crippen molar-refractivity contribution in [1.82, 2.24) is 10.2 Å². The van der Waals surface area contributed by atoms with Crippen molar-refractivity contribution in [3.8, 4) is 0 Å². The number of carbonyl (C=O) groups is 1. The molecule has 0 unspecified atom stereocenters. The van der Waals surface area contributed by atoms with Crippen LogP contribution in [0.5, 0.6) is 0 Å². The van der Waals surface area contributed by atoms with Gasteiger partial charge >= 0.3 is 0 Å². The molecule has 2 N–H and O–H groups in total. The number of amides is 1. The van der Waals surface area contributed by atoms with Crippen LogP contribution in [-0.4, -0.2) is 48.2 Å². The monoisotopic (exact) mass is 296 g/mol. The van der Waals surface area contributed by atoms with Crippen molar-refractivity contribution in [3.05, 3.63) is 21.4 Å². The third-order valence-corrected chi connectivity index (χ3v) is 5.18. The van der Waals surface area contributed by atoms with Crippen LogP contribution in [0.2, 0.25) is 0 Å². The average Bonchev–Trinajstić information content (AvgIpc) is 3.07. The summed E-state index contributed by atoms with van der Waals surface area (Å²) in [5.41, 5.74) is 1.18. The summed E-state index contributed by atoms with van der Waals surface area (Å²) >= 11 is 1.56. The molecule has 2 heterocycles. The molecule has 112 valence electrons. The number of nitrogens with one attached hydrogen (secondary N) is 1. The quantitative estimate of drug-likeness (QED) is 0.842. The molecule has 0 aromatic carbocycles. The second-order valence-electron chi connectivity index (χ2n) is 5.43. The molecule has 1 aliphatic rings. The van der Waals surface area contributed by atoms with Gasteiger partial charge in [-0.25, -0.2) is 0 Å². The van der Waals surface area contributed by atoms with Crippen LogP contribution in [0, 0.1) is 6.92 Å². The van der Waals surface area contributed by atoms with Gasteiger partial charge in [-0.05, 0) is 50.9 Å². The number of likely N-dealkylation sites (tertiary alicyclic amines) is 1. The van der Waals surface area contributed by atoms with Crippen LogP contribution in [0.1, 0.15) is 39.9 Å². The Hall–Kier alpha value is -0.910. The molecular weight excluding hydrogens is 272 g/mol. The van der Waals surface area contributed by atoms with Gasteiger partial charge in [-0.2, -0.15) is 0 Å². The zero-order valence-electron chi connectivity index (χ0n) is 12.3. The van der Waals surface area contributed by atoms with E-state index >= 15 is 0 Å². The smallest absolute Gasteiger partial charge is 0.261 e. The topological polar surface area (TPSA) is 52.6 Å². The lowest BCUT2D eigenvalue weighted by atomic mass is 10.2. The maximum absolute atomic E-state index is 12.2. The van der Waals surface area contributed by atoms with Crippen LogP contribution in [-0.2, 0) is 6.42 Å². The van der Waals surface area contributed by atoms with Gasteiger partial charge in [-0.1, -0.05) is 6.92 Å². The predicted molar refractivity (Wildman–Crippen MR) is 82.4 cm³/mol. The summed E-state index contributed by atoms with van der Waals surface area (Å²) in [6, 6.07) is 1.77. The number of nitrogens with zero attached hydrogens (tertiary/aromatic N) is 1. The molecule has 4 nitrogen and oxygen atoms in total. The summed E-state index contributed by atoms with van der Waals surface area (Å²) in [7, 11) is 0. The van der Waals surface area contributed by atoms with Crippen molar-refractivity contribution >= 4 is 17.2 Å². The molecule has 1 aromatic rings. The molecule has 1 aliphatic heterocycles. The van der Waals surface area contributed by atoms with Crippen LogP contribution in [0.25, 0.3) is 0 Å². The lowest BCUT2D eigenvalue weighted by Gasteiger charge is -2.22. The van der Waals surface area contributed by atoms with Crippen molar-refractivity contribution in [3.63, 3.8) is 0 Å². The van der Waals surface area contributed by atoms with Crippen molar-refractivity contribution in [2.75, 3.05) is 26.2 Å². The average molecular weight is 296 g/mol. The van der Waals surface area contributed by atoms with E-state index in [4.69, 9.17) is 0 Å². The number of hydrogen-bond acceptors (Lipinski definition) is 4. The van der Waals surface area contributed by atoms with Crippen molar-refractivity contribution in [1.29, 1.82) is 0 Å². The van der Waals surface area contributed by atoms with Gasteiger partial charge in [0.15, 0.2) is 0 Å². The molecule has 1 fully saturated rings. The number of aliphatic hydroxyl groups excluding tert-OH is 1. The van der Waals surface area contributed by atoms with Crippen LogP contribution in [0.15, 0.2) is 6.07 Å². The minimum absolute atomic E-state index is 0.00671. The highest BCUT2D eigenvalue weighted by Gasteiger charge is 2.20. The number of carbonyl (C=O) groups excluding carboxylic acids is 1. The number of thiophene rings is 1. The van der Waals surface area contributed by atoms with Crippen LogP contribution in [0.3, 0.4) is 0 Å². The second kappa shape index (κ2) is 7.20. The van der Waals surface area contributed by atoms with Gasteiger partial charge in [-0.3, -0.25) is 4.79 Å². The molecule has 0 saturated carbocycles. The zero-order chi connectivity index (χ0) is 14.5. The first kappa shape index (κ1) is 15.5. The van der Waals surface area contributed by atoms with Crippen LogP contribution in [0.4, 0.5) is 0 Å². The summed E-state index contributed by atoms with van der Waals surface area (Å²) in [6.07, 6.45) is 3.40. The highest BCUT2D eigenvalue weighted by atomic mass is 32.1. The molecule has 0 aliphatic carbocycles. The highest BCUT2D eigenvalue weighted by molar-refractivity contribution is 7.14. The molecular formula is C15H24N2O2S. The lowest BCUT2D eigenvalue weighted by Crippen LogP contribution is -2.45. The van der Waals surface area contributed by atoms with Crippen LogP contribution >= 0.6 is 11.3 Å². The number of hydrogen-bond donors (Lipinski definition) is 2. The van der Waals surface area contributed by atoms with E-state index in [2.05, 4.69) is 17.1 Å². The van der Waals surface area contributed by atoms with E-state index in [1.54, 1.807) is 11.3 Å². The Kier molecular flexibility index (Phi) is 5.57. The first-order valence-corrected chi connectivity index (χ1v) is 8.19. The predicted octanol–water partition coefficient (Wildman–Crippen LogP) is 1.81. The van der Waals surface area contributed by atoms with Crippen molar-refractivity contribution in [2.45, 2.75) is 39.2 Å². The summed E-state index contributed by atoms with van der Waals surface area (Å²) in [5, 5.41) is 12.4. The molecule has 1 amide bonds. The van der Waals surface area contributed by atoms with Gasteiger partial charge in [0.1, 0.15) is 0 Å². The van der Waals surface area contributed by atoms with Gasteiger partial charge in [0, 0.05) is 11.4 Å². The zero-order valence-corrected chi connectivity index (χ0v) is 13.1. The Balaban J connectivity index is 1.93. The number of aliphatic hydroxyl groups is 1. The Morgan fingerprint density at radius 3 is 2.75 bits per heavy atom. The Morgan fingerprint density at radius 2 is 2.20 bits per heavy atom. The first-order chi connectivity index (χ1) is 9.63. The minimum atomic E-state index is -0.173. The largest absolute Gasteiger partial charge is 0.394 e. The molecule has 1 aromatic heterocycles. The molecule has 5 heteroatoms. The van der Waals surface area contributed by atoms with E-state index in [-0.39, 0.29) is 18.6 Å². The van der Waals surface area contributed by atoms with Crippen molar-refractivity contribution in [2.24, 2.45) is 0 Å². The van der Waals surface area contributed by atoms with Crippen LogP contribution < -0.4 is 5.32 Å². The number of aryl methyl sites for hydroxylation is 2. The van der Waals surface area contributed by atoms with Gasteiger partial charge in [0.2, 0.25) is 0 Å². The molecule has 2 rings (SSSR count). The molecule has 1 saturated heterocycles. The normalized spacial score (nSPS) is 17.4. The summed E-state index contributed by atoms with van der Waals surface area (Å²) < 4.78 is 0. The third-order valence-electron chi connectivity index (χ3n) is 3.80. The Morgan fingerprint density at radius 1 is 1.50 bits per heavy atom.